The molecule has 0 radical (unpaired) electrons. The number of nitrogens with zero attached hydrogens (tertiary/aromatic N) is 4. The molecule has 4 atom stereocenters. The molecule has 68 heavy (non-hydrogen) atoms. The van der Waals surface area contributed by atoms with E-state index in [0.29, 0.717) is 50.3 Å². The molecule has 0 bridgehead atoms. The number of hydrogen-bond donors (Lipinski definition) is 4. The number of ether oxygens (including phenoxy) is 3. The number of nitrogens with one attached hydrogen (secondary N) is 4. The van der Waals surface area contributed by atoms with E-state index in [1.165, 1.54) is 33.5 Å². The number of hydrogen-bond acceptors (Lipinski definition) is 9. The number of rotatable bonds is 17. The van der Waals surface area contributed by atoms with Crippen molar-refractivity contribution in [3.8, 4) is 11.1 Å². The zero-order chi connectivity index (χ0) is 48.2. The van der Waals surface area contributed by atoms with Crippen LogP contribution >= 0.6 is 0 Å². The van der Waals surface area contributed by atoms with Gasteiger partial charge in [0.25, 0.3) is 0 Å². The number of likely N-dealkylation sites (tertiary alicyclic amines) is 1. The number of amides is 4. The zero-order valence-electron chi connectivity index (χ0n) is 39.8. The standard InChI is InChI=1S/C53H62N8O7/c1-9-10-11-23-60(50(62)44(30(2)3)58-52(64)66-7)27-43-54-41-21-17-36-24-34(15-19-39(36)46(41)56-43)35-16-20-40-37(25-35)18-22-42-47(40)57-49(55-42)48-32(6)38(29-68-28-33-13-12-14-33)26-61(48)51(63)45(31(4)5)59-53(65)67-8/h10,15-22,24-25,30-31,33,38,44-45,48H,1,6,11-14,23,26-29H2,2-5,7-8H3,(H,54,56)(H,55,57)(H,58,64)(H,59,65)/t38-,44+,45+,48+/m1/s1. The van der Waals surface area contributed by atoms with Crippen molar-refractivity contribution in [3.05, 3.63) is 103 Å². The number of H-pyrrole nitrogens is 2. The van der Waals surface area contributed by atoms with Crippen molar-refractivity contribution in [2.75, 3.05) is 40.5 Å². The molecule has 1 aliphatic heterocycles. The van der Waals surface area contributed by atoms with E-state index in [0.717, 1.165) is 60.3 Å². The van der Waals surface area contributed by atoms with Crippen LogP contribution in [-0.2, 0) is 30.3 Å². The van der Waals surface area contributed by atoms with Crippen LogP contribution in [0.2, 0.25) is 0 Å². The summed E-state index contributed by atoms with van der Waals surface area (Å²) >= 11 is 0. The van der Waals surface area contributed by atoms with E-state index >= 15 is 0 Å². The third-order valence-corrected chi connectivity index (χ3v) is 13.5. The molecule has 2 aromatic heterocycles. The Morgan fingerprint density at radius 1 is 0.838 bits per heavy atom. The Balaban J connectivity index is 1.06. The first kappa shape index (κ1) is 47.5. The highest BCUT2D eigenvalue weighted by atomic mass is 16.5. The van der Waals surface area contributed by atoms with Gasteiger partial charge in [0, 0.05) is 36.4 Å². The zero-order valence-corrected chi connectivity index (χ0v) is 39.8. The SMILES string of the molecule is C=C=CCCN(Cc1nc2c(ccc3cc(-c4ccc5c(ccc6[nH]c([C@@H]7C(=C)[C@@H](COCC8CCC8)CN7C(=O)[C@@H](NC(=O)OC)C(C)C)nc65)c4)ccc32)[nH]1)C(=O)[C@@H](NC(=O)OC)C(C)C. The van der Waals surface area contributed by atoms with Gasteiger partial charge in [0.15, 0.2) is 0 Å². The Labute approximate surface area is 396 Å². The Hall–Kier alpha value is -6.96. The van der Waals surface area contributed by atoms with Gasteiger partial charge in [-0.25, -0.2) is 19.6 Å². The Morgan fingerprint density at radius 2 is 1.44 bits per heavy atom. The second-order valence-corrected chi connectivity index (χ2v) is 18.8. The molecule has 2 aliphatic rings. The minimum absolute atomic E-state index is 0.104. The average molecular weight is 923 g/mol. The van der Waals surface area contributed by atoms with E-state index in [1.54, 1.807) is 15.9 Å². The van der Waals surface area contributed by atoms with Gasteiger partial charge in [-0.15, -0.1) is 5.73 Å². The molecule has 15 nitrogen and oxygen atoms in total. The van der Waals surface area contributed by atoms with E-state index in [2.05, 4.69) is 88.0 Å². The third-order valence-electron chi connectivity index (χ3n) is 13.5. The first-order chi connectivity index (χ1) is 32.8. The lowest BCUT2D eigenvalue weighted by Gasteiger charge is -2.30. The van der Waals surface area contributed by atoms with Crippen LogP contribution in [0.3, 0.4) is 0 Å². The summed E-state index contributed by atoms with van der Waals surface area (Å²) in [5.41, 5.74) is 8.94. The Bertz CT molecular complexity index is 2930. The highest BCUT2D eigenvalue weighted by Gasteiger charge is 2.44. The number of methoxy groups -OCH3 is 2. The predicted octanol–water partition coefficient (Wildman–Crippen LogP) is 9.11. The maximum atomic E-state index is 14.4. The second-order valence-electron chi connectivity index (χ2n) is 18.8. The number of alkyl carbamates (subject to hydrolysis) is 2. The second kappa shape index (κ2) is 20.5. The molecule has 8 rings (SSSR count). The van der Waals surface area contributed by atoms with Gasteiger partial charge >= 0.3 is 12.2 Å². The summed E-state index contributed by atoms with van der Waals surface area (Å²) in [6.45, 7) is 17.9. The van der Waals surface area contributed by atoms with Crippen LogP contribution in [0.25, 0.3) is 54.7 Å². The van der Waals surface area contributed by atoms with Crippen molar-refractivity contribution in [2.45, 2.75) is 78.0 Å². The average Bonchev–Trinajstić information content (AvgIpc) is 4.04. The van der Waals surface area contributed by atoms with E-state index in [9.17, 15) is 19.2 Å². The van der Waals surface area contributed by atoms with Crippen LogP contribution < -0.4 is 10.6 Å². The number of aromatic nitrogens is 4. The molecule has 1 saturated carbocycles. The van der Waals surface area contributed by atoms with Crippen molar-refractivity contribution in [1.29, 1.82) is 0 Å². The number of fused-ring (bicyclic) bond motifs is 6. The van der Waals surface area contributed by atoms with Crippen molar-refractivity contribution >= 4 is 67.6 Å². The molecule has 2 fully saturated rings. The van der Waals surface area contributed by atoms with E-state index in [-0.39, 0.29) is 36.1 Å². The van der Waals surface area contributed by atoms with E-state index in [4.69, 9.17) is 24.2 Å². The van der Waals surface area contributed by atoms with Gasteiger partial charge in [0.1, 0.15) is 29.8 Å². The fraction of sp³-hybridized carbons (Fsp3) is 0.415. The van der Waals surface area contributed by atoms with Crippen LogP contribution in [0.4, 0.5) is 9.59 Å². The smallest absolute Gasteiger partial charge is 0.407 e. The first-order valence-electron chi connectivity index (χ1n) is 23.5. The molecular formula is C53H62N8O7. The molecule has 4 N–H and O–H groups in total. The highest BCUT2D eigenvalue weighted by molar-refractivity contribution is 6.07. The monoisotopic (exact) mass is 922 g/mol. The third kappa shape index (κ3) is 9.86. The minimum Gasteiger partial charge on any atom is -0.453 e. The lowest BCUT2D eigenvalue weighted by atomic mass is 9.86. The lowest BCUT2D eigenvalue weighted by Crippen LogP contribution is -2.51. The van der Waals surface area contributed by atoms with Crippen LogP contribution in [0, 0.1) is 23.7 Å². The van der Waals surface area contributed by atoms with Crippen molar-refractivity contribution in [2.24, 2.45) is 23.7 Å². The van der Waals surface area contributed by atoms with Gasteiger partial charge in [0.2, 0.25) is 11.8 Å². The molecule has 0 spiro atoms. The maximum Gasteiger partial charge on any atom is 0.407 e. The summed E-state index contributed by atoms with van der Waals surface area (Å²) < 4.78 is 15.9. The fourth-order valence-corrected chi connectivity index (χ4v) is 9.40. The van der Waals surface area contributed by atoms with Crippen molar-refractivity contribution in [1.82, 2.24) is 40.4 Å². The summed E-state index contributed by atoms with van der Waals surface area (Å²) in [6.07, 6.45) is 4.60. The number of carbonyl (C=O) groups is 4. The van der Waals surface area contributed by atoms with E-state index in [1.807, 2.05) is 39.8 Å². The number of imidazole rings is 2. The molecule has 1 saturated heterocycles. The number of benzene rings is 4. The fourth-order valence-electron chi connectivity index (χ4n) is 9.40. The molecule has 4 aromatic carbocycles. The Morgan fingerprint density at radius 3 is 2.01 bits per heavy atom. The number of aromatic amines is 2. The van der Waals surface area contributed by atoms with Crippen molar-refractivity contribution in [3.63, 3.8) is 0 Å². The molecule has 3 heterocycles. The molecule has 356 valence electrons. The van der Waals surface area contributed by atoms with Crippen molar-refractivity contribution < 1.29 is 33.4 Å². The van der Waals surface area contributed by atoms with Gasteiger partial charge in [0.05, 0.1) is 49.4 Å². The van der Waals surface area contributed by atoms with Gasteiger partial charge in [-0.1, -0.05) is 83.7 Å². The van der Waals surface area contributed by atoms with Gasteiger partial charge in [-0.3, -0.25) is 9.59 Å². The lowest BCUT2D eigenvalue weighted by molar-refractivity contribution is -0.136. The normalized spacial score (nSPS) is 17.1. The molecule has 0 unspecified atom stereocenters. The summed E-state index contributed by atoms with van der Waals surface area (Å²) in [5, 5.41) is 9.40. The van der Waals surface area contributed by atoms with Crippen LogP contribution in [0.1, 0.15) is 71.1 Å². The molecule has 15 heteroatoms. The molecule has 4 amide bonds. The molecule has 1 aliphatic carbocycles. The molecule has 6 aromatic rings. The topological polar surface area (TPSA) is 184 Å². The van der Waals surface area contributed by atoms with E-state index < -0.39 is 30.3 Å². The van der Waals surface area contributed by atoms with Crippen LogP contribution in [0.15, 0.2) is 91.2 Å². The van der Waals surface area contributed by atoms with Crippen LogP contribution in [0.5, 0.6) is 0 Å². The summed E-state index contributed by atoms with van der Waals surface area (Å²) in [5.74, 6) is 0.877. The maximum absolute atomic E-state index is 14.4. The van der Waals surface area contributed by atoms with Gasteiger partial charge < -0.3 is 44.6 Å². The molecular weight excluding hydrogens is 861 g/mol. The van der Waals surface area contributed by atoms with Crippen LogP contribution in [-0.4, -0.2) is 106 Å². The Kier molecular flexibility index (Phi) is 14.3. The van der Waals surface area contributed by atoms with Gasteiger partial charge in [-0.2, -0.15) is 0 Å². The quantitative estimate of drug-likeness (QED) is 0.0512. The minimum atomic E-state index is -0.806. The first-order valence-corrected chi connectivity index (χ1v) is 23.5. The number of carbonyl (C=O) groups excluding carboxylic acids is 4. The predicted molar refractivity (Wildman–Crippen MR) is 264 cm³/mol. The largest absolute Gasteiger partial charge is 0.453 e. The van der Waals surface area contributed by atoms with Gasteiger partial charge in [-0.05, 0) is 94.8 Å². The summed E-state index contributed by atoms with van der Waals surface area (Å²) in [7, 11) is 2.56. The summed E-state index contributed by atoms with van der Waals surface area (Å²) in [4.78, 5) is 73.3. The highest BCUT2D eigenvalue weighted by Crippen LogP contribution is 2.41. The summed E-state index contributed by atoms with van der Waals surface area (Å²) in [6, 6.07) is 18.7.